The first-order chi connectivity index (χ1) is 16.2. The Morgan fingerprint density at radius 2 is 1.91 bits per heavy atom. The molecule has 0 saturated heterocycles. The van der Waals surface area contributed by atoms with E-state index < -0.39 is 0 Å². The van der Waals surface area contributed by atoms with Gasteiger partial charge in [-0.15, -0.1) is 0 Å². The van der Waals surface area contributed by atoms with E-state index in [9.17, 15) is 4.79 Å². The molecular weight excluding hydrogens is 454 g/mol. The first-order valence-electron chi connectivity index (χ1n) is 10.3. The van der Waals surface area contributed by atoms with E-state index in [1.54, 1.807) is 33.2 Å². The van der Waals surface area contributed by atoms with Gasteiger partial charge in [0.05, 0.1) is 19.0 Å². The minimum absolute atomic E-state index is 0.136. The lowest BCUT2D eigenvalue weighted by Crippen LogP contribution is -2.17. The minimum Gasteiger partial charge on any atom is -0.495 e. The third-order valence-electron chi connectivity index (χ3n) is 4.81. The quantitative estimate of drug-likeness (QED) is 0.295. The standard InChI is InChI=1S/C24H26ClN7O2/c1-13-9-19(30-24-29-12-18(25)22(32-24)31-21(27)10-14(2)26)20(34-4)11-17(13)15-5-7-16(8-6-15)23(33)28-3/h5-12H,26H2,1-4H3,(H,28,33)(H3,27,29,30,31,32)/b14-10-. The zero-order valence-electron chi connectivity index (χ0n) is 19.3. The molecule has 10 heteroatoms. The van der Waals surface area contributed by atoms with Crippen molar-refractivity contribution < 1.29 is 9.53 Å². The van der Waals surface area contributed by atoms with E-state index in [0.29, 0.717) is 22.7 Å². The number of nitrogens with zero attached hydrogens (tertiary/aromatic N) is 3. The average molecular weight is 480 g/mol. The Bertz CT molecular complexity index is 1270. The van der Waals surface area contributed by atoms with Crippen molar-refractivity contribution in [2.24, 2.45) is 16.5 Å². The van der Waals surface area contributed by atoms with E-state index in [0.717, 1.165) is 16.7 Å². The van der Waals surface area contributed by atoms with Crippen molar-refractivity contribution in [1.82, 2.24) is 15.3 Å². The number of hydrogen-bond donors (Lipinski definition) is 4. The number of anilines is 2. The summed E-state index contributed by atoms with van der Waals surface area (Å²) >= 11 is 6.18. The normalized spacial score (nSPS) is 11.8. The first kappa shape index (κ1) is 24.5. The number of allylic oxidation sites excluding steroid dienone is 1. The number of aryl methyl sites for hydroxylation is 1. The molecule has 3 rings (SSSR count). The van der Waals surface area contributed by atoms with Crippen LogP contribution >= 0.6 is 11.6 Å². The van der Waals surface area contributed by atoms with Gasteiger partial charge in [-0.3, -0.25) is 4.79 Å². The number of rotatable bonds is 7. The highest BCUT2D eigenvalue weighted by molar-refractivity contribution is 6.32. The van der Waals surface area contributed by atoms with Crippen LogP contribution in [0.2, 0.25) is 5.02 Å². The Kier molecular flexibility index (Phi) is 7.70. The summed E-state index contributed by atoms with van der Waals surface area (Å²) < 4.78 is 5.60. The van der Waals surface area contributed by atoms with Crippen LogP contribution in [-0.2, 0) is 0 Å². The number of aliphatic imine (C=N–C) groups is 1. The molecule has 0 aliphatic rings. The van der Waals surface area contributed by atoms with Crippen molar-refractivity contribution in [2.45, 2.75) is 13.8 Å². The third kappa shape index (κ3) is 5.81. The molecule has 3 aromatic rings. The van der Waals surface area contributed by atoms with Gasteiger partial charge in [0.2, 0.25) is 5.95 Å². The molecule has 2 aromatic carbocycles. The number of aromatic nitrogens is 2. The maximum atomic E-state index is 11.8. The third-order valence-corrected chi connectivity index (χ3v) is 5.08. The van der Waals surface area contributed by atoms with Gasteiger partial charge in [-0.2, -0.15) is 4.98 Å². The number of methoxy groups -OCH3 is 1. The second kappa shape index (κ2) is 10.7. The van der Waals surface area contributed by atoms with Crippen molar-refractivity contribution in [2.75, 3.05) is 19.5 Å². The summed E-state index contributed by atoms with van der Waals surface area (Å²) in [4.78, 5) is 24.6. The molecule has 0 aliphatic heterocycles. The van der Waals surface area contributed by atoms with Crippen LogP contribution in [0, 0.1) is 6.92 Å². The fraction of sp³-hybridized carbons (Fsp3) is 0.167. The predicted molar refractivity (Wildman–Crippen MR) is 136 cm³/mol. The lowest BCUT2D eigenvalue weighted by atomic mass is 9.98. The Morgan fingerprint density at radius 1 is 1.21 bits per heavy atom. The SMILES string of the molecule is CNC(=O)c1ccc(-c2cc(OC)c(Nc3ncc(Cl)c(N=C(N)/C=C(/C)N)n3)cc2C)cc1. The van der Waals surface area contributed by atoms with Crippen molar-refractivity contribution in [3.05, 3.63) is 70.5 Å². The number of amides is 1. The van der Waals surface area contributed by atoms with E-state index in [-0.39, 0.29) is 28.5 Å². The van der Waals surface area contributed by atoms with Crippen molar-refractivity contribution in [3.63, 3.8) is 0 Å². The van der Waals surface area contributed by atoms with Gasteiger partial charge >= 0.3 is 0 Å². The first-order valence-corrected chi connectivity index (χ1v) is 10.7. The monoisotopic (exact) mass is 479 g/mol. The number of nitrogens with one attached hydrogen (secondary N) is 2. The minimum atomic E-state index is -0.136. The maximum Gasteiger partial charge on any atom is 0.251 e. The summed E-state index contributed by atoms with van der Waals surface area (Å²) in [5, 5.41) is 6.01. The van der Waals surface area contributed by atoms with E-state index in [2.05, 4.69) is 25.6 Å². The summed E-state index contributed by atoms with van der Waals surface area (Å²) in [5.74, 6) is 1.10. The lowest BCUT2D eigenvalue weighted by Gasteiger charge is -2.15. The number of benzene rings is 2. The highest BCUT2D eigenvalue weighted by atomic mass is 35.5. The molecule has 0 bridgehead atoms. The number of hydrogen-bond acceptors (Lipinski definition) is 7. The van der Waals surface area contributed by atoms with Crippen LogP contribution in [0.5, 0.6) is 5.75 Å². The van der Waals surface area contributed by atoms with E-state index in [1.165, 1.54) is 12.3 Å². The predicted octanol–water partition coefficient (Wildman–Crippen LogP) is 4.07. The van der Waals surface area contributed by atoms with Gasteiger partial charge in [0.1, 0.15) is 16.6 Å². The molecule has 9 nitrogen and oxygen atoms in total. The van der Waals surface area contributed by atoms with Crippen molar-refractivity contribution >= 4 is 40.8 Å². The van der Waals surface area contributed by atoms with Gasteiger partial charge in [-0.05, 0) is 60.9 Å². The van der Waals surface area contributed by atoms with E-state index in [4.69, 9.17) is 27.8 Å². The van der Waals surface area contributed by atoms with Crippen LogP contribution in [0.4, 0.5) is 17.5 Å². The largest absolute Gasteiger partial charge is 0.495 e. The van der Waals surface area contributed by atoms with Crippen molar-refractivity contribution in [1.29, 1.82) is 0 Å². The van der Waals surface area contributed by atoms with Crippen LogP contribution in [-0.4, -0.2) is 35.9 Å². The Hall–Kier alpha value is -4.11. The fourth-order valence-electron chi connectivity index (χ4n) is 3.22. The smallest absolute Gasteiger partial charge is 0.251 e. The fourth-order valence-corrected chi connectivity index (χ4v) is 3.35. The molecule has 176 valence electrons. The molecule has 1 aromatic heterocycles. The summed E-state index contributed by atoms with van der Waals surface area (Å²) in [6.07, 6.45) is 2.95. The number of nitrogens with two attached hydrogens (primary N) is 2. The Morgan fingerprint density at radius 3 is 2.53 bits per heavy atom. The summed E-state index contributed by atoms with van der Waals surface area (Å²) in [6.45, 7) is 3.68. The number of carbonyl (C=O) groups excluding carboxylic acids is 1. The molecule has 34 heavy (non-hydrogen) atoms. The molecular formula is C24H26ClN7O2. The second-order valence-corrected chi connectivity index (χ2v) is 7.85. The maximum absolute atomic E-state index is 11.8. The Balaban J connectivity index is 1.93. The lowest BCUT2D eigenvalue weighted by molar-refractivity contribution is 0.0963. The van der Waals surface area contributed by atoms with Gasteiger partial charge in [0.15, 0.2) is 5.82 Å². The van der Waals surface area contributed by atoms with Gasteiger partial charge in [-0.25, -0.2) is 9.98 Å². The van der Waals surface area contributed by atoms with Gasteiger partial charge in [0.25, 0.3) is 5.91 Å². The molecule has 0 radical (unpaired) electrons. The van der Waals surface area contributed by atoms with E-state index >= 15 is 0 Å². The molecule has 0 fully saturated rings. The molecule has 0 atom stereocenters. The van der Waals surface area contributed by atoms with Gasteiger partial charge in [-0.1, -0.05) is 23.7 Å². The van der Waals surface area contributed by atoms with Crippen LogP contribution in [0.1, 0.15) is 22.8 Å². The van der Waals surface area contributed by atoms with Crippen LogP contribution in [0.25, 0.3) is 11.1 Å². The molecule has 1 amide bonds. The second-order valence-electron chi connectivity index (χ2n) is 7.44. The molecule has 0 saturated carbocycles. The zero-order valence-corrected chi connectivity index (χ0v) is 20.1. The summed E-state index contributed by atoms with van der Waals surface area (Å²) in [7, 11) is 3.18. The van der Waals surface area contributed by atoms with Crippen LogP contribution in [0.15, 0.2) is 59.4 Å². The zero-order chi connectivity index (χ0) is 24.8. The van der Waals surface area contributed by atoms with E-state index in [1.807, 2.05) is 31.2 Å². The summed E-state index contributed by atoms with van der Waals surface area (Å²) in [5.41, 5.74) is 16.2. The molecule has 0 spiro atoms. The number of carbonyl (C=O) groups is 1. The average Bonchev–Trinajstić information content (AvgIpc) is 2.80. The Labute approximate surface area is 202 Å². The number of amidine groups is 1. The molecule has 0 aliphatic carbocycles. The highest BCUT2D eigenvalue weighted by Gasteiger charge is 2.13. The number of ether oxygens (including phenoxy) is 1. The topological polar surface area (TPSA) is 141 Å². The van der Waals surface area contributed by atoms with Crippen LogP contribution in [0.3, 0.4) is 0 Å². The molecule has 0 unspecified atom stereocenters. The number of halogens is 1. The summed E-state index contributed by atoms with van der Waals surface area (Å²) in [6, 6.07) is 11.2. The molecule has 6 N–H and O–H groups in total. The molecule has 1 heterocycles. The van der Waals surface area contributed by atoms with Gasteiger partial charge < -0.3 is 26.8 Å². The highest BCUT2D eigenvalue weighted by Crippen LogP contribution is 2.35. The van der Waals surface area contributed by atoms with Crippen molar-refractivity contribution in [3.8, 4) is 16.9 Å². The van der Waals surface area contributed by atoms with Gasteiger partial charge in [0, 0.05) is 18.3 Å². The van der Waals surface area contributed by atoms with Crippen LogP contribution < -0.4 is 26.8 Å².